The van der Waals surface area contributed by atoms with Gasteiger partial charge in [0.1, 0.15) is 17.6 Å². The van der Waals surface area contributed by atoms with Crippen LogP contribution in [0.15, 0.2) is 53.2 Å². The topological polar surface area (TPSA) is 72.1 Å². The Hall–Kier alpha value is -2.57. The zero-order valence-corrected chi connectivity index (χ0v) is 16.6. The minimum atomic E-state index is -0.477. The molecule has 0 radical (unpaired) electrons. The molecule has 29 heavy (non-hydrogen) atoms. The van der Waals surface area contributed by atoms with Crippen molar-refractivity contribution in [2.75, 3.05) is 26.7 Å². The fraction of sp³-hybridized carbons (Fsp3) is 0.435. The van der Waals surface area contributed by atoms with E-state index in [1.807, 2.05) is 18.2 Å². The summed E-state index contributed by atoms with van der Waals surface area (Å²) in [6.45, 7) is 2.90. The molecule has 2 heterocycles. The van der Waals surface area contributed by atoms with Crippen LogP contribution in [-0.4, -0.2) is 54.9 Å². The summed E-state index contributed by atoms with van der Waals surface area (Å²) in [7, 11) is 1.36. The molecule has 1 saturated heterocycles. The number of carbonyl (C=O) groups excluding carboxylic acids is 1. The van der Waals surface area contributed by atoms with Crippen LogP contribution in [0, 0.1) is 11.8 Å². The second-order valence-electron chi connectivity index (χ2n) is 7.87. The summed E-state index contributed by atoms with van der Waals surface area (Å²) < 4.78 is 16.1. The third-order valence-electron chi connectivity index (χ3n) is 5.91. The maximum absolute atomic E-state index is 11.5. The van der Waals surface area contributed by atoms with Crippen molar-refractivity contribution in [3.63, 3.8) is 0 Å². The van der Waals surface area contributed by atoms with Crippen LogP contribution in [0.3, 0.4) is 0 Å². The van der Waals surface area contributed by atoms with Crippen molar-refractivity contribution in [3.05, 3.63) is 60.1 Å². The van der Waals surface area contributed by atoms with E-state index in [2.05, 4.69) is 11.0 Å². The van der Waals surface area contributed by atoms with Crippen LogP contribution in [0.1, 0.15) is 29.0 Å². The lowest BCUT2D eigenvalue weighted by Gasteiger charge is -2.35. The minimum absolute atomic E-state index is 0.223. The van der Waals surface area contributed by atoms with Crippen LogP contribution >= 0.6 is 0 Å². The molecule has 4 atom stereocenters. The Balaban J connectivity index is 1.31. The lowest BCUT2D eigenvalue weighted by molar-refractivity contribution is -0.0231. The van der Waals surface area contributed by atoms with Gasteiger partial charge in [-0.2, -0.15) is 0 Å². The molecule has 2 aliphatic rings. The average molecular weight is 397 g/mol. The highest BCUT2D eigenvalue weighted by Crippen LogP contribution is 2.38. The zero-order valence-electron chi connectivity index (χ0n) is 16.6. The predicted molar refractivity (Wildman–Crippen MR) is 109 cm³/mol. The summed E-state index contributed by atoms with van der Waals surface area (Å²) in [6, 6.07) is 10.7. The molecule has 1 aliphatic carbocycles. The van der Waals surface area contributed by atoms with Crippen LogP contribution in [0.4, 0.5) is 0 Å². The first kappa shape index (κ1) is 19.7. The van der Waals surface area contributed by atoms with Crippen molar-refractivity contribution < 1.29 is 23.8 Å². The van der Waals surface area contributed by atoms with Crippen molar-refractivity contribution in [1.82, 2.24) is 4.90 Å². The highest BCUT2D eigenvalue weighted by molar-refractivity contribution is 5.89. The van der Waals surface area contributed by atoms with Crippen LogP contribution in [-0.2, 0) is 4.74 Å². The fourth-order valence-electron chi connectivity index (χ4n) is 4.43. The third-order valence-corrected chi connectivity index (χ3v) is 5.91. The standard InChI is InChI=1S/C23H27NO5/c1-27-23(26)16-6-8-20(9-7-16)29-22-13-18-15-24(14-17(18)12-21(22)25)10-2-4-19-5-3-11-28-19/h2-9,11,17-18,21-22,25H,10,12-15H2,1H3/b4-2+/t17-,18+,21+,22+/m0/s1. The van der Waals surface area contributed by atoms with Gasteiger partial charge < -0.3 is 19.0 Å². The summed E-state index contributed by atoms with van der Waals surface area (Å²) in [4.78, 5) is 14.0. The Morgan fingerprint density at radius 3 is 2.66 bits per heavy atom. The lowest BCUT2D eigenvalue weighted by atomic mass is 9.78. The van der Waals surface area contributed by atoms with E-state index in [1.165, 1.54) is 7.11 Å². The molecule has 6 nitrogen and oxygen atoms in total. The van der Waals surface area contributed by atoms with Gasteiger partial charge in [0.25, 0.3) is 0 Å². The van der Waals surface area contributed by atoms with Gasteiger partial charge in [0.2, 0.25) is 0 Å². The highest BCUT2D eigenvalue weighted by Gasteiger charge is 2.42. The first-order valence-corrected chi connectivity index (χ1v) is 10.1. The molecule has 2 aromatic rings. The number of nitrogens with zero attached hydrogens (tertiary/aromatic N) is 1. The highest BCUT2D eigenvalue weighted by atomic mass is 16.5. The van der Waals surface area contributed by atoms with Gasteiger partial charge in [0.05, 0.1) is 25.0 Å². The molecule has 2 fully saturated rings. The van der Waals surface area contributed by atoms with Gasteiger partial charge >= 0.3 is 5.97 Å². The number of ether oxygens (including phenoxy) is 2. The number of methoxy groups -OCH3 is 1. The number of hydrogen-bond acceptors (Lipinski definition) is 6. The van der Waals surface area contributed by atoms with E-state index < -0.39 is 6.10 Å². The average Bonchev–Trinajstić information content (AvgIpc) is 3.38. The molecule has 0 bridgehead atoms. The van der Waals surface area contributed by atoms with Crippen LogP contribution in [0.5, 0.6) is 5.75 Å². The number of esters is 1. The van der Waals surface area contributed by atoms with Crippen LogP contribution in [0.25, 0.3) is 6.08 Å². The number of benzene rings is 1. The zero-order chi connectivity index (χ0) is 20.2. The molecule has 0 amide bonds. The summed E-state index contributed by atoms with van der Waals surface area (Å²) in [5, 5.41) is 10.6. The minimum Gasteiger partial charge on any atom is -0.488 e. The molecule has 4 rings (SSSR count). The predicted octanol–water partition coefficient (Wildman–Crippen LogP) is 3.23. The second-order valence-corrected chi connectivity index (χ2v) is 7.87. The quantitative estimate of drug-likeness (QED) is 0.755. The van der Waals surface area contributed by atoms with Crippen LogP contribution in [0.2, 0.25) is 0 Å². The van der Waals surface area contributed by atoms with Crippen molar-refractivity contribution in [3.8, 4) is 5.75 Å². The number of likely N-dealkylation sites (tertiary alicyclic amines) is 1. The molecule has 154 valence electrons. The van der Waals surface area contributed by atoms with Gasteiger partial charge in [-0.1, -0.05) is 6.08 Å². The first-order valence-electron chi connectivity index (χ1n) is 10.1. The van der Waals surface area contributed by atoms with Crippen molar-refractivity contribution in [2.24, 2.45) is 11.8 Å². The van der Waals surface area contributed by atoms with Crippen molar-refractivity contribution in [1.29, 1.82) is 0 Å². The lowest BCUT2D eigenvalue weighted by Crippen LogP contribution is -2.42. The molecule has 1 N–H and O–H groups in total. The smallest absolute Gasteiger partial charge is 0.337 e. The van der Waals surface area contributed by atoms with Gasteiger partial charge in [-0.3, -0.25) is 4.90 Å². The van der Waals surface area contributed by atoms with E-state index in [1.54, 1.807) is 30.5 Å². The molecule has 0 unspecified atom stereocenters. The second kappa shape index (κ2) is 8.84. The summed E-state index contributed by atoms with van der Waals surface area (Å²) in [5.41, 5.74) is 0.484. The van der Waals surface area contributed by atoms with Crippen molar-refractivity contribution >= 4 is 12.0 Å². The number of carbonyl (C=O) groups is 1. The Morgan fingerprint density at radius 1 is 1.21 bits per heavy atom. The molecule has 1 saturated carbocycles. The van der Waals surface area contributed by atoms with E-state index in [-0.39, 0.29) is 12.1 Å². The third kappa shape index (κ3) is 4.71. The van der Waals surface area contributed by atoms with Gasteiger partial charge in [0, 0.05) is 19.6 Å². The van der Waals surface area contributed by atoms with E-state index in [0.29, 0.717) is 23.1 Å². The van der Waals surface area contributed by atoms with Gasteiger partial charge in [-0.15, -0.1) is 0 Å². The van der Waals surface area contributed by atoms with Gasteiger partial charge in [0.15, 0.2) is 0 Å². The molecule has 1 aromatic carbocycles. The Bertz CT molecular complexity index is 829. The molecule has 0 spiro atoms. The van der Waals surface area contributed by atoms with Gasteiger partial charge in [-0.25, -0.2) is 4.79 Å². The number of aliphatic hydroxyl groups excluding tert-OH is 1. The van der Waals surface area contributed by atoms with Gasteiger partial charge in [-0.05, 0) is 67.2 Å². The summed E-state index contributed by atoms with van der Waals surface area (Å²) >= 11 is 0. The number of furan rings is 1. The fourth-order valence-corrected chi connectivity index (χ4v) is 4.43. The van der Waals surface area contributed by atoms with E-state index >= 15 is 0 Å². The number of rotatable bonds is 6. The van der Waals surface area contributed by atoms with E-state index in [0.717, 1.165) is 38.2 Å². The number of aliphatic hydroxyl groups is 1. The maximum atomic E-state index is 11.5. The number of hydrogen-bond donors (Lipinski definition) is 1. The Kier molecular flexibility index (Phi) is 6.02. The molecule has 6 heteroatoms. The Labute approximate surface area is 170 Å². The number of fused-ring (bicyclic) bond motifs is 1. The normalized spacial score (nSPS) is 27.1. The van der Waals surface area contributed by atoms with E-state index in [4.69, 9.17) is 13.9 Å². The molecule has 1 aromatic heterocycles. The molecule has 1 aliphatic heterocycles. The van der Waals surface area contributed by atoms with E-state index in [9.17, 15) is 9.90 Å². The Morgan fingerprint density at radius 2 is 1.97 bits per heavy atom. The SMILES string of the molecule is COC(=O)c1ccc(O[C@@H]2C[C@@H]3CN(C/C=C/c4ccco4)C[C@@H]3C[C@H]2O)cc1. The monoisotopic (exact) mass is 397 g/mol. The molecular formula is C23H27NO5. The maximum Gasteiger partial charge on any atom is 0.337 e. The largest absolute Gasteiger partial charge is 0.488 e. The summed E-state index contributed by atoms with van der Waals surface area (Å²) in [6.07, 6.45) is 6.70. The van der Waals surface area contributed by atoms with Crippen LogP contribution < -0.4 is 4.74 Å². The first-order chi connectivity index (χ1) is 14.1. The molecular weight excluding hydrogens is 370 g/mol. The summed E-state index contributed by atoms with van der Waals surface area (Å²) in [5.74, 6) is 2.18. The van der Waals surface area contributed by atoms with Crippen molar-refractivity contribution in [2.45, 2.75) is 25.0 Å².